The Labute approximate surface area is 121 Å². The van der Waals surface area contributed by atoms with Gasteiger partial charge in [0.25, 0.3) is 5.91 Å². The molecule has 0 bridgehead atoms. The molecule has 0 aliphatic heterocycles. The highest BCUT2D eigenvalue weighted by Gasteiger charge is 2.15. The van der Waals surface area contributed by atoms with Gasteiger partial charge < -0.3 is 10.6 Å². The van der Waals surface area contributed by atoms with Crippen LogP contribution in [0.4, 0.5) is 0 Å². The van der Waals surface area contributed by atoms with Crippen molar-refractivity contribution in [2.75, 3.05) is 13.6 Å². The van der Waals surface area contributed by atoms with Gasteiger partial charge in [0.2, 0.25) is 0 Å². The van der Waals surface area contributed by atoms with Gasteiger partial charge in [0.05, 0.1) is 11.8 Å². The Hall–Kier alpha value is -1.07. The molecular weight excluding hydrogens is 264 g/mol. The molecule has 1 aromatic rings. The molecule has 1 heterocycles. The topological polar surface area (TPSA) is 64.2 Å². The first-order valence-electron chi connectivity index (χ1n) is 6.49. The lowest BCUT2D eigenvalue weighted by molar-refractivity contribution is 0.0789. The summed E-state index contributed by atoms with van der Waals surface area (Å²) in [6.45, 7) is 7.63. The third-order valence-corrected chi connectivity index (χ3v) is 3.21. The van der Waals surface area contributed by atoms with Crippen LogP contribution < -0.4 is 5.73 Å². The van der Waals surface area contributed by atoms with Crippen LogP contribution in [-0.2, 0) is 6.54 Å². The summed E-state index contributed by atoms with van der Waals surface area (Å²) in [5, 5.41) is 4.11. The summed E-state index contributed by atoms with van der Waals surface area (Å²) >= 11 is 0. The van der Waals surface area contributed by atoms with Crippen LogP contribution in [0.25, 0.3) is 0 Å². The summed E-state index contributed by atoms with van der Waals surface area (Å²) in [6, 6.07) is 0.138. The van der Waals surface area contributed by atoms with Gasteiger partial charge in [0.15, 0.2) is 0 Å². The lowest BCUT2D eigenvalue weighted by Crippen LogP contribution is -2.34. The predicted octanol–water partition coefficient (Wildman–Crippen LogP) is 1.77. The second-order valence-electron chi connectivity index (χ2n) is 5.01. The third-order valence-electron chi connectivity index (χ3n) is 3.21. The Morgan fingerprint density at radius 1 is 1.53 bits per heavy atom. The Morgan fingerprint density at radius 2 is 2.16 bits per heavy atom. The number of carbonyl (C=O) groups excluding carboxylic acids is 1. The van der Waals surface area contributed by atoms with Crippen molar-refractivity contribution in [3.05, 3.63) is 18.0 Å². The van der Waals surface area contributed by atoms with Gasteiger partial charge in [0, 0.05) is 32.4 Å². The van der Waals surface area contributed by atoms with E-state index in [0.29, 0.717) is 18.0 Å². The summed E-state index contributed by atoms with van der Waals surface area (Å²) in [5.41, 5.74) is 6.61. The van der Waals surface area contributed by atoms with Gasteiger partial charge in [-0.3, -0.25) is 9.48 Å². The molecule has 2 N–H and O–H groups in total. The van der Waals surface area contributed by atoms with Gasteiger partial charge >= 0.3 is 0 Å². The van der Waals surface area contributed by atoms with Gasteiger partial charge in [-0.1, -0.05) is 13.8 Å². The van der Waals surface area contributed by atoms with Crippen LogP contribution >= 0.6 is 12.4 Å². The van der Waals surface area contributed by atoms with Crippen LogP contribution in [0, 0.1) is 5.92 Å². The van der Waals surface area contributed by atoms with Gasteiger partial charge in [0.1, 0.15) is 0 Å². The number of hydrogen-bond acceptors (Lipinski definition) is 3. The van der Waals surface area contributed by atoms with Crippen LogP contribution in [0.1, 0.15) is 37.6 Å². The van der Waals surface area contributed by atoms with E-state index < -0.39 is 0 Å². The summed E-state index contributed by atoms with van der Waals surface area (Å²) in [7, 11) is 1.80. The number of carbonyl (C=O) groups is 1. The Balaban J connectivity index is 0.00000324. The first-order chi connectivity index (χ1) is 8.45. The van der Waals surface area contributed by atoms with Crippen LogP contribution in [-0.4, -0.2) is 40.2 Å². The fourth-order valence-corrected chi connectivity index (χ4v) is 1.64. The molecule has 1 rings (SSSR count). The molecular formula is C13H25ClN4O. The van der Waals surface area contributed by atoms with E-state index in [4.69, 9.17) is 5.73 Å². The van der Waals surface area contributed by atoms with Crippen LogP contribution in [0.15, 0.2) is 12.4 Å². The molecule has 0 spiro atoms. The molecule has 1 amide bonds. The molecule has 1 atom stereocenters. The number of rotatable bonds is 6. The monoisotopic (exact) mass is 288 g/mol. The summed E-state index contributed by atoms with van der Waals surface area (Å²) in [6.07, 6.45) is 4.22. The van der Waals surface area contributed by atoms with Crippen molar-refractivity contribution < 1.29 is 4.79 Å². The van der Waals surface area contributed by atoms with Crippen molar-refractivity contribution in [3.63, 3.8) is 0 Å². The molecule has 0 aromatic carbocycles. The normalized spacial score (nSPS) is 12.1. The SMILES string of the molecule is CCn1cc(C(=O)N(C)CCC(N)C(C)C)cn1.Cl. The summed E-state index contributed by atoms with van der Waals surface area (Å²) < 4.78 is 1.75. The van der Waals surface area contributed by atoms with Crippen LogP contribution in [0.2, 0.25) is 0 Å². The van der Waals surface area contributed by atoms with Gasteiger partial charge in [-0.25, -0.2) is 0 Å². The van der Waals surface area contributed by atoms with Gasteiger partial charge in [-0.2, -0.15) is 5.10 Å². The lowest BCUT2D eigenvalue weighted by Gasteiger charge is -2.21. The molecule has 0 aliphatic carbocycles. The van der Waals surface area contributed by atoms with E-state index in [1.807, 2.05) is 6.92 Å². The zero-order chi connectivity index (χ0) is 13.7. The maximum Gasteiger partial charge on any atom is 0.256 e. The van der Waals surface area contributed by atoms with Crippen molar-refractivity contribution in [3.8, 4) is 0 Å². The highest BCUT2D eigenvalue weighted by molar-refractivity contribution is 5.93. The van der Waals surface area contributed by atoms with E-state index in [-0.39, 0.29) is 24.4 Å². The standard InChI is InChI=1S/C13H24N4O.ClH/c1-5-17-9-11(8-15-17)13(18)16(4)7-6-12(14)10(2)3;/h8-10,12H,5-7,14H2,1-4H3;1H. The van der Waals surface area contributed by atoms with E-state index in [2.05, 4.69) is 18.9 Å². The van der Waals surface area contributed by atoms with Crippen molar-refractivity contribution in [1.29, 1.82) is 0 Å². The fraction of sp³-hybridized carbons (Fsp3) is 0.692. The molecule has 6 heteroatoms. The molecule has 0 saturated heterocycles. The number of aryl methyl sites for hydroxylation is 1. The Bertz CT molecular complexity index is 392. The summed E-state index contributed by atoms with van der Waals surface area (Å²) in [5.74, 6) is 0.446. The smallest absolute Gasteiger partial charge is 0.256 e. The van der Waals surface area contributed by atoms with Crippen molar-refractivity contribution in [2.45, 2.75) is 39.8 Å². The van der Waals surface area contributed by atoms with Gasteiger partial charge in [-0.15, -0.1) is 12.4 Å². The first-order valence-corrected chi connectivity index (χ1v) is 6.49. The fourth-order valence-electron chi connectivity index (χ4n) is 1.64. The second-order valence-corrected chi connectivity index (χ2v) is 5.01. The van der Waals surface area contributed by atoms with Crippen molar-refractivity contribution >= 4 is 18.3 Å². The van der Waals surface area contributed by atoms with Crippen molar-refractivity contribution in [2.24, 2.45) is 11.7 Å². The largest absolute Gasteiger partial charge is 0.342 e. The maximum atomic E-state index is 12.1. The van der Waals surface area contributed by atoms with E-state index in [1.54, 1.807) is 29.0 Å². The Morgan fingerprint density at radius 3 is 2.63 bits per heavy atom. The number of halogens is 1. The molecule has 0 fully saturated rings. The molecule has 0 radical (unpaired) electrons. The zero-order valence-corrected chi connectivity index (χ0v) is 13.0. The van der Waals surface area contributed by atoms with Crippen LogP contribution in [0.5, 0.6) is 0 Å². The zero-order valence-electron chi connectivity index (χ0n) is 12.2. The first kappa shape index (κ1) is 17.9. The lowest BCUT2D eigenvalue weighted by atomic mass is 10.0. The quantitative estimate of drug-likeness (QED) is 0.868. The predicted molar refractivity (Wildman–Crippen MR) is 79.5 cm³/mol. The molecule has 0 aliphatic rings. The van der Waals surface area contributed by atoms with E-state index in [9.17, 15) is 4.79 Å². The van der Waals surface area contributed by atoms with E-state index >= 15 is 0 Å². The van der Waals surface area contributed by atoms with Crippen LogP contribution in [0.3, 0.4) is 0 Å². The molecule has 0 saturated carbocycles. The highest BCUT2D eigenvalue weighted by Crippen LogP contribution is 2.07. The minimum atomic E-state index is 0. The number of amides is 1. The molecule has 1 aromatic heterocycles. The third kappa shape index (κ3) is 5.20. The maximum absolute atomic E-state index is 12.1. The number of aromatic nitrogens is 2. The minimum Gasteiger partial charge on any atom is -0.342 e. The highest BCUT2D eigenvalue weighted by atomic mass is 35.5. The molecule has 110 valence electrons. The van der Waals surface area contributed by atoms with Crippen molar-refractivity contribution in [1.82, 2.24) is 14.7 Å². The molecule has 5 nitrogen and oxygen atoms in total. The molecule has 19 heavy (non-hydrogen) atoms. The summed E-state index contributed by atoms with van der Waals surface area (Å²) in [4.78, 5) is 13.8. The van der Waals surface area contributed by atoms with Gasteiger partial charge in [-0.05, 0) is 19.3 Å². The number of nitrogens with zero attached hydrogens (tertiary/aromatic N) is 3. The minimum absolute atomic E-state index is 0. The second kappa shape index (κ2) is 8.17. The average Bonchev–Trinajstić information content (AvgIpc) is 2.82. The number of hydrogen-bond donors (Lipinski definition) is 1. The van der Waals surface area contributed by atoms with E-state index in [1.165, 1.54) is 0 Å². The van der Waals surface area contributed by atoms with E-state index in [0.717, 1.165) is 13.0 Å². The Kier molecular flexibility index (Phi) is 7.71. The number of nitrogens with two attached hydrogens (primary N) is 1. The molecule has 1 unspecified atom stereocenters. The average molecular weight is 289 g/mol.